The van der Waals surface area contributed by atoms with E-state index in [2.05, 4.69) is 11.2 Å². The molecule has 0 aliphatic carbocycles. The molecule has 1 heterocycles. The van der Waals surface area contributed by atoms with E-state index in [0.29, 0.717) is 22.9 Å². The first-order valence-electron chi connectivity index (χ1n) is 5.50. The van der Waals surface area contributed by atoms with Gasteiger partial charge in [0.25, 0.3) is 0 Å². The Hall–Kier alpha value is -2.48. The maximum Gasteiger partial charge on any atom is 0.241 e. The fourth-order valence-electron chi connectivity index (χ4n) is 1.66. The summed E-state index contributed by atoms with van der Waals surface area (Å²) in [6.45, 7) is 3.73. The van der Waals surface area contributed by atoms with Crippen LogP contribution in [-0.2, 0) is 7.05 Å². The number of anilines is 1. The Morgan fingerprint density at radius 3 is 2.67 bits per heavy atom. The Labute approximate surface area is 105 Å². The van der Waals surface area contributed by atoms with Crippen molar-refractivity contribution >= 4 is 5.69 Å². The van der Waals surface area contributed by atoms with Gasteiger partial charge in [-0.2, -0.15) is 10.4 Å². The molecule has 0 saturated heterocycles. The van der Waals surface area contributed by atoms with Crippen LogP contribution >= 0.6 is 0 Å². The molecule has 2 aromatic rings. The lowest BCUT2D eigenvalue weighted by Gasteiger charge is -2.09. The minimum Gasteiger partial charge on any atom is -0.437 e. The Morgan fingerprint density at radius 1 is 1.39 bits per heavy atom. The van der Waals surface area contributed by atoms with Gasteiger partial charge in [0.1, 0.15) is 11.4 Å². The fraction of sp³-hybridized carbons (Fsp3) is 0.231. The first-order valence-corrected chi connectivity index (χ1v) is 5.50. The number of ether oxygens (including phenoxy) is 1. The van der Waals surface area contributed by atoms with Crippen LogP contribution in [0.1, 0.15) is 16.8 Å². The topological polar surface area (TPSA) is 76.9 Å². The van der Waals surface area contributed by atoms with Crippen molar-refractivity contribution in [3.05, 3.63) is 35.0 Å². The number of benzene rings is 1. The van der Waals surface area contributed by atoms with Crippen LogP contribution in [0.3, 0.4) is 0 Å². The molecule has 2 rings (SSSR count). The van der Waals surface area contributed by atoms with E-state index in [-0.39, 0.29) is 0 Å². The number of nitrogens with two attached hydrogens (primary N) is 1. The van der Waals surface area contributed by atoms with Crippen molar-refractivity contribution in [3.63, 3.8) is 0 Å². The standard InChI is InChI=1S/C13H14N4O/c1-8-4-5-10(7-14)6-11(8)18-13-12(15)9(2)16-17(13)3/h4-6H,15H2,1-3H3. The molecule has 5 nitrogen and oxygen atoms in total. The number of hydrogen-bond donors (Lipinski definition) is 1. The Morgan fingerprint density at radius 2 is 2.11 bits per heavy atom. The molecule has 18 heavy (non-hydrogen) atoms. The summed E-state index contributed by atoms with van der Waals surface area (Å²) in [6.07, 6.45) is 0. The predicted molar refractivity (Wildman–Crippen MR) is 68.3 cm³/mol. The van der Waals surface area contributed by atoms with Crippen LogP contribution in [0.4, 0.5) is 5.69 Å². The van der Waals surface area contributed by atoms with Crippen molar-refractivity contribution in [2.45, 2.75) is 13.8 Å². The highest BCUT2D eigenvalue weighted by molar-refractivity contribution is 5.55. The Balaban J connectivity index is 2.43. The van der Waals surface area contributed by atoms with E-state index in [4.69, 9.17) is 15.7 Å². The quantitative estimate of drug-likeness (QED) is 0.876. The summed E-state index contributed by atoms with van der Waals surface area (Å²) < 4.78 is 7.34. The average Bonchev–Trinajstić information content (AvgIpc) is 2.58. The molecule has 5 heteroatoms. The van der Waals surface area contributed by atoms with E-state index in [0.717, 1.165) is 11.3 Å². The molecule has 92 valence electrons. The molecule has 0 radical (unpaired) electrons. The molecule has 1 aromatic heterocycles. The van der Waals surface area contributed by atoms with E-state index in [1.807, 2.05) is 19.9 Å². The van der Waals surface area contributed by atoms with Crippen molar-refractivity contribution in [1.82, 2.24) is 9.78 Å². The van der Waals surface area contributed by atoms with Crippen molar-refractivity contribution < 1.29 is 4.74 Å². The molecule has 0 saturated carbocycles. The molecule has 0 spiro atoms. The molecule has 0 aliphatic rings. The maximum atomic E-state index is 8.88. The lowest BCUT2D eigenvalue weighted by atomic mass is 10.1. The number of nitriles is 1. The highest BCUT2D eigenvalue weighted by Gasteiger charge is 2.13. The third-order valence-corrected chi connectivity index (χ3v) is 2.74. The first kappa shape index (κ1) is 12.0. The molecule has 0 amide bonds. The van der Waals surface area contributed by atoms with Gasteiger partial charge in [0.15, 0.2) is 0 Å². The fourth-order valence-corrected chi connectivity index (χ4v) is 1.66. The second kappa shape index (κ2) is 4.41. The lowest BCUT2D eigenvalue weighted by Crippen LogP contribution is -1.98. The second-order valence-corrected chi connectivity index (χ2v) is 4.12. The van der Waals surface area contributed by atoms with Gasteiger partial charge >= 0.3 is 0 Å². The largest absolute Gasteiger partial charge is 0.437 e. The summed E-state index contributed by atoms with van der Waals surface area (Å²) in [5, 5.41) is 13.1. The molecule has 0 fully saturated rings. The zero-order valence-electron chi connectivity index (χ0n) is 10.6. The van der Waals surface area contributed by atoms with E-state index in [1.54, 1.807) is 23.9 Å². The summed E-state index contributed by atoms with van der Waals surface area (Å²) in [6, 6.07) is 7.36. The van der Waals surface area contributed by atoms with Crippen LogP contribution < -0.4 is 10.5 Å². The number of rotatable bonds is 2. The van der Waals surface area contributed by atoms with Crippen molar-refractivity contribution in [3.8, 4) is 17.7 Å². The third kappa shape index (κ3) is 2.00. The molecule has 2 N–H and O–H groups in total. The average molecular weight is 242 g/mol. The van der Waals surface area contributed by atoms with Crippen LogP contribution in [0.15, 0.2) is 18.2 Å². The van der Waals surface area contributed by atoms with Gasteiger partial charge in [0.05, 0.1) is 17.3 Å². The summed E-state index contributed by atoms with van der Waals surface area (Å²) in [4.78, 5) is 0. The third-order valence-electron chi connectivity index (χ3n) is 2.74. The van der Waals surface area contributed by atoms with Crippen LogP contribution in [0, 0.1) is 25.2 Å². The number of nitrogen functional groups attached to an aromatic ring is 1. The molecule has 0 atom stereocenters. The number of aromatic nitrogens is 2. The van der Waals surface area contributed by atoms with Gasteiger partial charge < -0.3 is 10.5 Å². The van der Waals surface area contributed by atoms with Gasteiger partial charge in [-0.05, 0) is 31.5 Å². The van der Waals surface area contributed by atoms with E-state index in [9.17, 15) is 0 Å². The molecule has 0 aliphatic heterocycles. The van der Waals surface area contributed by atoms with Gasteiger partial charge in [0, 0.05) is 7.05 Å². The van der Waals surface area contributed by atoms with E-state index in [1.165, 1.54) is 0 Å². The zero-order chi connectivity index (χ0) is 13.3. The maximum absolute atomic E-state index is 8.88. The van der Waals surface area contributed by atoms with Gasteiger partial charge in [0.2, 0.25) is 5.88 Å². The summed E-state index contributed by atoms with van der Waals surface area (Å²) in [7, 11) is 1.77. The van der Waals surface area contributed by atoms with Gasteiger partial charge in [-0.1, -0.05) is 6.07 Å². The number of nitrogens with zero attached hydrogens (tertiary/aromatic N) is 3. The van der Waals surface area contributed by atoms with Crippen LogP contribution in [0.5, 0.6) is 11.6 Å². The van der Waals surface area contributed by atoms with E-state index < -0.39 is 0 Å². The van der Waals surface area contributed by atoms with Gasteiger partial charge in [-0.25, -0.2) is 4.68 Å². The summed E-state index contributed by atoms with van der Waals surface area (Å²) >= 11 is 0. The normalized spacial score (nSPS) is 10.1. The SMILES string of the molecule is Cc1ccc(C#N)cc1Oc1c(N)c(C)nn1C. The van der Waals surface area contributed by atoms with E-state index >= 15 is 0 Å². The smallest absolute Gasteiger partial charge is 0.241 e. The molecular formula is C13H14N4O. The molecule has 1 aromatic carbocycles. The van der Waals surface area contributed by atoms with Crippen LogP contribution in [0.25, 0.3) is 0 Å². The monoisotopic (exact) mass is 242 g/mol. The van der Waals surface area contributed by atoms with Crippen LogP contribution in [0.2, 0.25) is 0 Å². The molecular weight excluding hydrogens is 228 g/mol. The van der Waals surface area contributed by atoms with Crippen LogP contribution in [-0.4, -0.2) is 9.78 Å². The summed E-state index contributed by atoms with van der Waals surface area (Å²) in [5.41, 5.74) is 8.62. The van der Waals surface area contributed by atoms with Gasteiger partial charge in [-0.15, -0.1) is 0 Å². The van der Waals surface area contributed by atoms with Gasteiger partial charge in [-0.3, -0.25) is 0 Å². The van der Waals surface area contributed by atoms with Crippen molar-refractivity contribution in [1.29, 1.82) is 5.26 Å². The minimum absolute atomic E-state index is 0.491. The predicted octanol–water partition coefficient (Wildman–Crippen LogP) is 2.28. The van der Waals surface area contributed by atoms with Crippen molar-refractivity contribution in [2.24, 2.45) is 7.05 Å². The molecule has 0 bridgehead atoms. The lowest BCUT2D eigenvalue weighted by molar-refractivity contribution is 0.429. The Bertz CT molecular complexity index is 637. The number of aryl methyl sites for hydroxylation is 3. The summed E-state index contributed by atoms with van der Waals surface area (Å²) in [5.74, 6) is 1.11. The van der Waals surface area contributed by atoms with Crippen molar-refractivity contribution in [2.75, 3.05) is 5.73 Å². The molecule has 0 unspecified atom stereocenters. The first-order chi connectivity index (χ1) is 8.52. The number of hydrogen-bond acceptors (Lipinski definition) is 4. The second-order valence-electron chi connectivity index (χ2n) is 4.12. The highest BCUT2D eigenvalue weighted by Crippen LogP contribution is 2.31. The zero-order valence-corrected chi connectivity index (χ0v) is 10.6. The Kier molecular flexibility index (Phi) is 2.94. The minimum atomic E-state index is 0.491. The highest BCUT2D eigenvalue weighted by atomic mass is 16.5.